The number of aliphatic hydroxyl groups excluding tert-OH is 1. The van der Waals surface area contributed by atoms with Crippen LogP contribution in [-0.4, -0.2) is 21.9 Å². The van der Waals surface area contributed by atoms with Crippen molar-refractivity contribution in [2.75, 3.05) is 0 Å². The molecule has 0 aliphatic heterocycles. The zero-order valence-electron chi connectivity index (χ0n) is 8.30. The summed E-state index contributed by atoms with van der Waals surface area (Å²) in [6.07, 6.45) is 0.971. The molecule has 0 amide bonds. The van der Waals surface area contributed by atoms with Gasteiger partial charge in [0.25, 0.3) is 0 Å². The molecular weight excluding hydrogens is 152 g/mol. The first-order valence-electron chi connectivity index (χ1n) is 4.51. The van der Waals surface area contributed by atoms with Gasteiger partial charge in [-0.25, -0.2) is 0 Å². The second kappa shape index (κ2) is 4.63. The molecule has 0 aromatic carbocycles. The van der Waals surface area contributed by atoms with E-state index in [2.05, 4.69) is 6.58 Å². The maximum absolute atomic E-state index is 9.86. The Kier molecular flexibility index (Phi) is 4.50. The van der Waals surface area contributed by atoms with Gasteiger partial charge in [0.05, 0.1) is 11.7 Å². The third kappa shape index (κ3) is 2.95. The maximum Gasteiger partial charge on any atom is 0.0903 e. The Morgan fingerprint density at radius 2 is 1.83 bits per heavy atom. The fourth-order valence-electron chi connectivity index (χ4n) is 1.24. The molecule has 0 heterocycles. The second-order valence-electron chi connectivity index (χ2n) is 3.49. The van der Waals surface area contributed by atoms with E-state index in [1.54, 1.807) is 0 Å². The summed E-state index contributed by atoms with van der Waals surface area (Å²) in [6, 6.07) is 0. The summed E-state index contributed by atoms with van der Waals surface area (Å²) in [5.41, 5.74) is -0.0262. The van der Waals surface area contributed by atoms with Crippen LogP contribution in [0.3, 0.4) is 0 Å². The minimum atomic E-state index is -0.932. The Balaban J connectivity index is 4.20. The summed E-state index contributed by atoms with van der Waals surface area (Å²) >= 11 is 0. The molecule has 0 aliphatic rings. The van der Waals surface area contributed by atoms with Crippen LogP contribution in [0.5, 0.6) is 0 Å². The van der Waals surface area contributed by atoms with E-state index in [4.69, 9.17) is 0 Å². The molecule has 0 saturated heterocycles. The highest BCUT2D eigenvalue weighted by Crippen LogP contribution is 2.23. The van der Waals surface area contributed by atoms with Gasteiger partial charge in [-0.2, -0.15) is 0 Å². The molecule has 0 spiro atoms. The maximum atomic E-state index is 9.86. The average Bonchev–Trinajstić information content (AvgIpc) is 2.02. The second-order valence-corrected chi connectivity index (χ2v) is 3.49. The van der Waals surface area contributed by atoms with E-state index in [-0.39, 0.29) is 0 Å². The first kappa shape index (κ1) is 11.7. The van der Waals surface area contributed by atoms with Crippen LogP contribution in [0.2, 0.25) is 0 Å². The zero-order chi connectivity index (χ0) is 9.78. The van der Waals surface area contributed by atoms with Crippen molar-refractivity contribution < 1.29 is 10.2 Å². The summed E-state index contributed by atoms with van der Waals surface area (Å²) in [7, 11) is 0. The van der Waals surface area contributed by atoms with E-state index in [1.807, 2.05) is 20.8 Å². The summed E-state index contributed by atoms with van der Waals surface area (Å²) in [6.45, 7) is 9.32. The minimum Gasteiger partial charge on any atom is -0.390 e. The summed E-state index contributed by atoms with van der Waals surface area (Å²) in [5.74, 6) is 0. The quantitative estimate of drug-likeness (QED) is 0.621. The monoisotopic (exact) mass is 172 g/mol. The highest BCUT2D eigenvalue weighted by molar-refractivity contribution is 4.96. The average molecular weight is 172 g/mol. The fourth-order valence-corrected chi connectivity index (χ4v) is 1.24. The molecular formula is C10H20O2. The van der Waals surface area contributed by atoms with Crippen LogP contribution in [0.4, 0.5) is 0 Å². The largest absolute Gasteiger partial charge is 0.390 e. The molecule has 1 atom stereocenters. The van der Waals surface area contributed by atoms with Crippen molar-refractivity contribution >= 4 is 0 Å². The zero-order valence-corrected chi connectivity index (χ0v) is 8.30. The molecule has 0 aromatic rings. The van der Waals surface area contributed by atoms with Crippen LogP contribution in [0.15, 0.2) is 12.2 Å². The van der Waals surface area contributed by atoms with Gasteiger partial charge < -0.3 is 10.2 Å². The van der Waals surface area contributed by atoms with Gasteiger partial charge in [0, 0.05) is 0 Å². The molecule has 0 aliphatic carbocycles. The predicted molar refractivity (Wildman–Crippen MR) is 51.0 cm³/mol. The highest BCUT2D eigenvalue weighted by Gasteiger charge is 2.31. The van der Waals surface area contributed by atoms with E-state index >= 15 is 0 Å². The van der Waals surface area contributed by atoms with E-state index < -0.39 is 11.7 Å². The number of hydrogen-bond acceptors (Lipinski definition) is 2. The van der Waals surface area contributed by atoms with Crippen LogP contribution >= 0.6 is 0 Å². The van der Waals surface area contributed by atoms with Crippen molar-refractivity contribution in [2.24, 2.45) is 0 Å². The normalized spacial score (nSPS) is 14.4. The molecule has 1 unspecified atom stereocenters. The van der Waals surface area contributed by atoms with Gasteiger partial charge in [-0.05, 0) is 26.2 Å². The third-order valence-electron chi connectivity index (χ3n) is 2.39. The van der Waals surface area contributed by atoms with Gasteiger partial charge in [-0.15, -0.1) is 6.58 Å². The Labute approximate surface area is 74.9 Å². The summed E-state index contributed by atoms with van der Waals surface area (Å²) in [5, 5.41) is 19.5. The lowest BCUT2D eigenvalue weighted by Crippen LogP contribution is -2.41. The SMILES string of the molecule is C=C(C)CC(O)C(O)(CC)CC. The molecule has 12 heavy (non-hydrogen) atoms. The highest BCUT2D eigenvalue weighted by atomic mass is 16.3. The van der Waals surface area contributed by atoms with Gasteiger partial charge in [-0.1, -0.05) is 19.4 Å². The number of hydrogen-bond donors (Lipinski definition) is 2. The molecule has 0 aromatic heterocycles. The lowest BCUT2D eigenvalue weighted by Gasteiger charge is -2.31. The Bertz CT molecular complexity index is 148. The molecule has 0 bridgehead atoms. The van der Waals surface area contributed by atoms with Crippen LogP contribution in [0, 0.1) is 0 Å². The van der Waals surface area contributed by atoms with Crippen LogP contribution in [0.1, 0.15) is 40.0 Å². The van der Waals surface area contributed by atoms with Crippen LogP contribution in [-0.2, 0) is 0 Å². The standard InChI is InChI=1S/C10H20O2/c1-5-10(12,6-2)9(11)7-8(3)4/h9,11-12H,3,5-7H2,1-2,4H3. The third-order valence-corrected chi connectivity index (χ3v) is 2.39. The van der Waals surface area contributed by atoms with Gasteiger partial charge >= 0.3 is 0 Å². The van der Waals surface area contributed by atoms with Gasteiger partial charge in [0.15, 0.2) is 0 Å². The lowest BCUT2D eigenvalue weighted by atomic mass is 9.87. The first-order chi connectivity index (χ1) is 5.46. The number of aliphatic hydroxyl groups is 2. The smallest absolute Gasteiger partial charge is 0.0903 e. The molecule has 72 valence electrons. The molecule has 0 saturated carbocycles. The number of rotatable bonds is 5. The molecule has 2 heteroatoms. The lowest BCUT2D eigenvalue weighted by molar-refractivity contribution is -0.0789. The molecule has 0 rings (SSSR count). The molecule has 0 radical (unpaired) electrons. The van der Waals surface area contributed by atoms with Crippen molar-refractivity contribution in [1.29, 1.82) is 0 Å². The summed E-state index contributed by atoms with van der Waals surface area (Å²) < 4.78 is 0. The van der Waals surface area contributed by atoms with E-state index in [1.165, 1.54) is 0 Å². The van der Waals surface area contributed by atoms with Crippen molar-refractivity contribution in [3.8, 4) is 0 Å². The Morgan fingerprint density at radius 1 is 1.42 bits per heavy atom. The van der Waals surface area contributed by atoms with Gasteiger partial charge in [0.2, 0.25) is 0 Å². The topological polar surface area (TPSA) is 40.5 Å². The van der Waals surface area contributed by atoms with Crippen molar-refractivity contribution in [3.63, 3.8) is 0 Å². The van der Waals surface area contributed by atoms with Crippen LogP contribution < -0.4 is 0 Å². The molecule has 2 N–H and O–H groups in total. The van der Waals surface area contributed by atoms with Crippen molar-refractivity contribution in [2.45, 2.75) is 51.7 Å². The van der Waals surface area contributed by atoms with E-state index in [9.17, 15) is 10.2 Å². The minimum absolute atomic E-state index is 0.484. The van der Waals surface area contributed by atoms with Gasteiger partial charge in [-0.3, -0.25) is 0 Å². The van der Waals surface area contributed by atoms with Crippen molar-refractivity contribution in [1.82, 2.24) is 0 Å². The first-order valence-corrected chi connectivity index (χ1v) is 4.51. The fraction of sp³-hybridized carbons (Fsp3) is 0.800. The van der Waals surface area contributed by atoms with Gasteiger partial charge in [0.1, 0.15) is 0 Å². The molecule has 0 fully saturated rings. The van der Waals surface area contributed by atoms with E-state index in [0.29, 0.717) is 19.3 Å². The Morgan fingerprint density at radius 3 is 2.08 bits per heavy atom. The predicted octanol–water partition coefficient (Wildman–Crippen LogP) is 1.86. The Hall–Kier alpha value is -0.340. The van der Waals surface area contributed by atoms with E-state index in [0.717, 1.165) is 5.57 Å². The van der Waals surface area contributed by atoms with Crippen LogP contribution in [0.25, 0.3) is 0 Å². The summed E-state index contributed by atoms with van der Waals surface area (Å²) in [4.78, 5) is 0. The van der Waals surface area contributed by atoms with Crippen molar-refractivity contribution in [3.05, 3.63) is 12.2 Å². The molecule has 2 nitrogen and oxygen atoms in total.